The summed E-state index contributed by atoms with van der Waals surface area (Å²) < 4.78 is 7.54. The zero-order valence-electron chi connectivity index (χ0n) is 12.8. The van der Waals surface area contributed by atoms with E-state index in [-0.39, 0.29) is 5.75 Å². The highest BCUT2D eigenvalue weighted by atomic mass is 32.4. The van der Waals surface area contributed by atoms with Crippen LogP contribution in [0.4, 0.5) is 0 Å². The Morgan fingerprint density at radius 1 is 1.05 bits per heavy atom. The van der Waals surface area contributed by atoms with Crippen LogP contribution < -0.4 is 4.74 Å². The van der Waals surface area contributed by atoms with Gasteiger partial charge in [0.05, 0.1) is 6.21 Å². The zero-order valence-corrected chi connectivity index (χ0v) is 14.5. The predicted octanol–water partition coefficient (Wildman–Crippen LogP) is 4.10. The van der Waals surface area contributed by atoms with Gasteiger partial charge in [-0.15, -0.1) is 0 Å². The molecule has 0 aliphatic carbocycles. The maximum Gasteiger partial charge on any atom is 0.127 e. The minimum atomic E-state index is -1.53. The fraction of sp³-hybridized carbons (Fsp3) is 0.188. The number of nitrogens with zero attached hydrogens (tertiary/aromatic N) is 2. The van der Waals surface area contributed by atoms with Crippen molar-refractivity contribution in [3.05, 3.63) is 54.1 Å². The van der Waals surface area contributed by atoms with Crippen LogP contribution >= 0.6 is 6.19 Å². The van der Waals surface area contributed by atoms with Crippen LogP contribution in [0.1, 0.15) is 5.56 Å². The third kappa shape index (κ3) is 4.86. The molecule has 4 nitrogen and oxygen atoms in total. The molecule has 0 bridgehead atoms. The monoisotopic (exact) mass is 334 g/mol. The largest absolute Gasteiger partial charge is 0.508 e. The van der Waals surface area contributed by atoms with Crippen LogP contribution in [0, 0.1) is 0 Å². The minimum absolute atomic E-state index is 0.218. The molecule has 2 aromatic carbocycles. The van der Waals surface area contributed by atoms with E-state index in [0.717, 1.165) is 11.3 Å². The Hall–Kier alpha value is -1.84. The second kappa shape index (κ2) is 6.95. The van der Waals surface area contributed by atoms with Crippen molar-refractivity contribution < 1.29 is 9.84 Å². The number of hydrogen-bond donors (Lipinski definition) is 1. The van der Waals surface area contributed by atoms with Crippen molar-refractivity contribution in [1.29, 1.82) is 0 Å². The van der Waals surface area contributed by atoms with Gasteiger partial charge >= 0.3 is 0 Å². The summed E-state index contributed by atoms with van der Waals surface area (Å²) in [5.74, 6) is 1.62. The van der Waals surface area contributed by atoms with Crippen molar-refractivity contribution in [2.45, 2.75) is 0 Å². The lowest BCUT2D eigenvalue weighted by molar-refractivity contribution is 0.464. The van der Waals surface area contributed by atoms with E-state index >= 15 is 0 Å². The molecule has 6 heteroatoms. The van der Waals surface area contributed by atoms with Gasteiger partial charge in [0.1, 0.15) is 17.2 Å². The summed E-state index contributed by atoms with van der Waals surface area (Å²) in [6.45, 7) is 4.07. The van der Waals surface area contributed by atoms with E-state index in [4.69, 9.17) is 16.5 Å². The molecule has 0 heterocycles. The average molecular weight is 334 g/mol. The molecule has 0 spiro atoms. The van der Waals surface area contributed by atoms with E-state index in [9.17, 15) is 5.11 Å². The second-order valence-corrected chi connectivity index (χ2v) is 11.0. The van der Waals surface area contributed by atoms with Gasteiger partial charge in [-0.2, -0.15) is 5.10 Å². The molecule has 0 radical (unpaired) electrons. The third-order valence-electron chi connectivity index (χ3n) is 3.02. The molecule has 22 heavy (non-hydrogen) atoms. The van der Waals surface area contributed by atoms with Gasteiger partial charge in [-0.3, -0.25) is 4.78 Å². The highest BCUT2D eigenvalue weighted by Crippen LogP contribution is 2.40. The lowest BCUT2D eigenvalue weighted by Gasteiger charge is -2.21. The van der Waals surface area contributed by atoms with Gasteiger partial charge in [0.2, 0.25) is 0 Å². The van der Waals surface area contributed by atoms with Crippen molar-refractivity contribution in [1.82, 2.24) is 4.78 Å². The van der Waals surface area contributed by atoms with E-state index in [1.165, 1.54) is 0 Å². The van der Waals surface area contributed by atoms with Crippen molar-refractivity contribution in [2.75, 3.05) is 20.4 Å². The van der Waals surface area contributed by atoms with Crippen molar-refractivity contribution in [2.24, 2.45) is 5.10 Å². The minimum Gasteiger partial charge on any atom is -0.508 e. The van der Waals surface area contributed by atoms with Crippen molar-refractivity contribution in [3.8, 4) is 17.2 Å². The fourth-order valence-corrected chi connectivity index (χ4v) is 1.97. The lowest BCUT2D eigenvalue weighted by Crippen LogP contribution is -2.05. The first kappa shape index (κ1) is 16.5. The maximum atomic E-state index is 9.24. The number of ether oxygens (including phenoxy) is 1. The van der Waals surface area contributed by atoms with E-state index in [1.807, 2.05) is 49.4 Å². The molecule has 0 aromatic heterocycles. The topological polar surface area (TPSA) is 45.1 Å². The third-order valence-corrected chi connectivity index (χ3v) is 5.23. The molecule has 116 valence electrons. The molecule has 0 saturated carbocycles. The number of benzene rings is 2. The summed E-state index contributed by atoms with van der Waals surface area (Å²) in [6, 6.07) is 14.2. The molecular formula is C16H19N2O2PS. The number of phenolic OH excluding ortho intramolecular Hbond substituents is 1. The lowest BCUT2D eigenvalue weighted by atomic mass is 10.2. The Labute approximate surface area is 136 Å². The first-order valence-electron chi connectivity index (χ1n) is 6.75. The summed E-state index contributed by atoms with van der Waals surface area (Å²) in [5.41, 5.74) is 0.980. The Morgan fingerprint density at radius 2 is 1.55 bits per heavy atom. The molecule has 2 rings (SSSR count). The normalized spacial score (nSPS) is 11.6. The van der Waals surface area contributed by atoms with Crippen molar-refractivity contribution >= 4 is 24.2 Å². The number of phenols is 1. The molecule has 0 aliphatic heterocycles. The molecule has 1 N–H and O–H groups in total. The van der Waals surface area contributed by atoms with Gasteiger partial charge in [-0.25, -0.2) is 0 Å². The van der Waals surface area contributed by atoms with Gasteiger partial charge < -0.3 is 9.84 Å². The molecule has 0 unspecified atom stereocenters. The van der Waals surface area contributed by atoms with Crippen LogP contribution in [0.5, 0.6) is 17.2 Å². The predicted molar refractivity (Wildman–Crippen MR) is 96.1 cm³/mol. The van der Waals surface area contributed by atoms with Gasteiger partial charge in [0, 0.05) is 13.2 Å². The second-order valence-electron chi connectivity index (χ2n) is 5.19. The Balaban J connectivity index is 2.03. The van der Waals surface area contributed by atoms with Gasteiger partial charge in [-0.05, 0) is 67.4 Å². The molecule has 0 amide bonds. The van der Waals surface area contributed by atoms with E-state index in [0.29, 0.717) is 5.75 Å². The summed E-state index contributed by atoms with van der Waals surface area (Å²) >= 11 is 5.41. The number of aromatic hydroxyl groups is 1. The maximum absolute atomic E-state index is 9.24. The van der Waals surface area contributed by atoms with Crippen LogP contribution in [0.25, 0.3) is 0 Å². The molecule has 0 aliphatic rings. The molecule has 0 saturated heterocycles. The van der Waals surface area contributed by atoms with E-state index in [2.05, 4.69) is 5.10 Å². The zero-order chi connectivity index (χ0) is 16.2. The van der Waals surface area contributed by atoms with Crippen LogP contribution in [0.15, 0.2) is 53.6 Å². The summed E-state index contributed by atoms with van der Waals surface area (Å²) in [5, 5.41) is 13.6. The van der Waals surface area contributed by atoms with Crippen LogP contribution in [0.3, 0.4) is 0 Å². The number of hydrogen-bond acceptors (Lipinski definition) is 4. The first-order chi connectivity index (χ1) is 10.3. The highest BCUT2D eigenvalue weighted by Gasteiger charge is 2.06. The van der Waals surface area contributed by atoms with Crippen LogP contribution in [-0.4, -0.2) is 36.5 Å². The average Bonchev–Trinajstić information content (AvgIpc) is 2.47. The first-order valence-corrected chi connectivity index (χ1v) is 10.4. The quantitative estimate of drug-likeness (QED) is 0.508. The molecular weight excluding hydrogens is 315 g/mol. The summed E-state index contributed by atoms with van der Waals surface area (Å²) in [7, 11) is 1.90. The Morgan fingerprint density at radius 3 is 2.05 bits per heavy atom. The SMILES string of the molecule is CN(N=Cc1ccc(Oc2ccc(O)cc2)cc1)P(C)(C)=S. The molecule has 2 aromatic rings. The standard InChI is InChI=1S/C16H19N2O2PS/c1-18(21(2,3)22)17-12-13-4-8-15(9-5-13)20-16-10-6-14(19)7-11-16/h4-12,19H,1-3H3. The van der Waals surface area contributed by atoms with E-state index < -0.39 is 6.19 Å². The highest BCUT2D eigenvalue weighted by molar-refractivity contribution is 8.12. The fourth-order valence-electron chi connectivity index (χ4n) is 1.55. The van der Waals surface area contributed by atoms with Crippen LogP contribution in [0.2, 0.25) is 0 Å². The number of rotatable bonds is 5. The summed E-state index contributed by atoms with van der Waals surface area (Å²) in [4.78, 5) is 0. The van der Waals surface area contributed by atoms with Crippen molar-refractivity contribution in [3.63, 3.8) is 0 Å². The van der Waals surface area contributed by atoms with E-state index in [1.54, 1.807) is 30.5 Å². The van der Waals surface area contributed by atoms with Crippen LogP contribution in [-0.2, 0) is 11.8 Å². The number of hydrazone groups is 1. The molecule has 0 fully saturated rings. The van der Waals surface area contributed by atoms with Gasteiger partial charge in [-0.1, -0.05) is 11.8 Å². The smallest absolute Gasteiger partial charge is 0.127 e. The summed E-state index contributed by atoms with van der Waals surface area (Å²) in [6.07, 6.45) is 0.260. The van der Waals surface area contributed by atoms with Gasteiger partial charge in [0.15, 0.2) is 0 Å². The molecule has 0 atom stereocenters. The Bertz CT molecular complexity index is 693. The van der Waals surface area contributed by atoms with Gasteiger partial charge in [0.25, 0.3) is 0 Å². The Kier molecular flexibility index (Phi) is 5.22.